The Bertz CT molecular complexity index is 605. The maximum Gasteiger partial charge on any atom is 0.253 e. The van der Waals surface area contributed by atoms with Crippen LogP contribution in [0.1, 0.15) is 34.8 Å². The Morgan fingerprint density at radius 1 is 1.29 bits per heavy atom. The highest BCUT2D eigenvalue weighted by Gasteiger charge is 2.24. The van der Waals surface area contributed by atoms with Crippen LogP contribution in [-0.2, 0) is 5.75 Å². The van der Waals surface area contributed by atoms with E-state index in [4.69, 9.17) is 0 Å². The van der Waals surface area contributed by atoms with Gasteiger partial charge in [-0.3, -0.25) is 14.5 Å². The van der Waals surface area contributed by atoms with Gasteiger partial charge in [-0.15, -0.1) is 0 Å². The fraction of sp³-hybridized carbons (Fsp3) is 0.400. The fourth-order valence-corrected chi connectivity index (χ4v) is 2.83. The van der Waals surface area contributed by atoms with E-state index in [-0.39, 0.29) is 5.91 Å². The van der Waals surface area contributed by atoms with Gasteiger partial charge in [-0.25, -0.2) is 0 Å². The molecule has 2 aromatic heterocycles. The van der Waals surface area contributed by atoms with E-state index in [0.29, 0.717) is 17.4 Å². The van der Waals surface area contributed by atoms with Gasteiger partial charge in [0.1, 0.15) is 0 Å². The molecule has 110 valence electrons. The van der Waals surface area contributed by atoms with Crippen molar-refractivity contribution in [2.45, 2.75) is 24.6 Å². The normalized spacial score (nSPS) is 16.1. The van der Waals surface area contributed by atoms with Gasteiger partial charge in [-0.1, -0.05) is 0 Å². The molecule has 0 atom stereocenters. The average molecular weight is 302 g/mol. The predicted octanol–water partition coefficient (Wildman–Crippen LogP) is 2.19. The SMILES string of the molecule is O=C(c1ccncc1)N1CCC(n2cc(CS)cn2)CC1. The Balaban J connectivity index is 1.61. The number of nitrogens with zero attached hydrogens (tertiary/aromatic N) is 4. The monoisotopic (exact) mass is 302 g/mol. The molecule has 1 fully saturated rings. The smallest absolute Gasteiger partial charge is 0.253 e. The lowest BCUT2D eigenvalue weighted by Crippen LogP contribution is -2.39. The lowest BCUT2D eigenvalue weighted by Gasteiger charge is -2.32. The van der Waals surface area contributed by atoms with Crippen molar-refractivity contribution in [2.24, 2.45) is 0 Å². The molecule has 1 aliphatic rings. The number of likely N-dealkylation sites (tertiary alicyclic amines) is 1. The Morgan fingerprint density at radius 3 is 2.62 bits per heavy atom. The Hall–Kier alpha value is -1.82. The predicted molar refractivity (Wildman–Crippen MR) is 83.3 cm³/mol. The first-order valence-electron chi connectivity index (χ1n) is 7.11. The van der Waals surface area contributed by atoms with Gasteiger partial charge in [0.15, 0.2) is 0 Å². The van der Waals surface area contributed by atoms with E-state index in [2.05, 4.69) is 28.9 Å². The first-order valence-corrected chi connectivity index (χ1v) is 7.74. The van der Waals surface area contributed by atoms with Crippen LogP contribution in [0, 0.1) is 0 Å². The van der Waals surface area contributed by atoms with Crippen molar-refractivity contribution in [3.8, 4) is 0 Å². The van der Waals surface area contributed by atoms with Crippen molar-refractivity contribution in [3.63, 3.8) is 0 Å². The van der Waals surface area contributed by atoms with Crippen molar-refractivity contribution in [1.82, 2.24) is 19.7 Å². The highest BCUT2D eigenvalue weighted by molar-refractivity contribution is 7.79. The number of aromatic nitrogens is 3. The summed E-state index contributed by atoms with van der Waals surface area (Å²) >= 11 is 4.26. The molecule has 1 saturated heterocycles. The molecule has 0 N–H and O–H groups in total. The van der Waals surface area contributed by atoms with Crippen molar-refractivity contribution in [2.75, 3.05) is 13.1 Å². The molecule has 0 radical (unpaired) electrons. The fourth-order valence-electron chi connectivity index (χ4n) is 2.67. The van der Waals surface area contributed by atoms with E-state index in [0.717, 1.165) is 31.5 Å². The third-order valence-corrected chi connectivity index (χ3v) is 4.26. The van der Waals surface area contributed by atoms with Crippen LogP contribution < -0.4 is 0 Å². The van der Waals surface area contributed by atoms with Crippen LogP contribution in [0.15, 0.2) is 36.9 Å². The molecule has 5 nitrogen and oxygen atoms in total. The van der Waals surface area contributed by atoms with Crippen LogP contribution in [0.4, 0.5) is 0 Å². The Labute approximate surface area is 129 Å². The van der Waals surface area contributed by atoms with E-state index < -0.39 is 0 Å². The standard InChI is InChI=1S/C15H18N4OS/c20-15(13-1-5-16-6-2-13)18-7-3-14(4-8-18)19-10-12(11-21)9-17-19/h1-2,5-6,9-10,14,21H,3-4,7-8,11H2. The number of carbonyl (C=O) groups is 1. The summed E-state index contributed by atoms with van der Waals surface area (Å²) in [6.45, 7) is 1.53. The largest absolute Gasteiger partial charge is 0.338 e. The number of piperidine rings is 1. The first kappa shape index (κ1) is 14.1. The molecule has 0 unspecified atom stereocenters. The Morgan fingerprint density at radius 2 is 2.00 bits per heavy atom. The molecule has 0 saturated carbocycles. The molecular weight excluding hydrogens is 284 g/mol. The highest BCUT2D eigenvalue weighted by Crippen LogP contribution is 2.23. The maximum absolute atomic E-state index is 12.4. The lowest BCUT2D eigenvalue weighted by molar-refractivity contribution is 0.0690. The van der Waals surface area contributed by atoms with Gasteiger partial charge in [0.2, 0.25) is 0 Å². The molecule has 1 amide bonds. The minimum atomic E-state index is 0.0902. The Kier molecular flexibility index (Phi) is 4.24. The summed E-state index contributed by atoms with van der Waals surface area (Å²) in [5.74, 6) is 0.798. The van der Waals surface area contributed by atoms with E-state index in [1.165, 1.54) is 0 Å². The number of hydrogen-bond donors (Lipinski definition) is 1. The maximum atomic E-state index is 12.4. The molecule has 0 bridgehead atoms. The zero-order valence-electron chi connectivity index (χ0n) is 11.7. The summed E-state index contributed by atoms with van der Waals surface area (Å²) in [5.41, 5.74) is 1.84. The number of pyridine rings is 1. The molecular formula is C15H18N4OS. The summed E-state index contributed by atoms with van der Waals surface area (Å²) in [4.78, 5) is 18.2. The highest BCUT2D eigenvalue weighted by atomic mass is 32.1. The molecule has 2 aromatic rings. The van der Waals surface area contributed by atoms with E-state index in [1.807, 2.05) is 15.8 Å². The molecule has 21 heavy (non-hydrogen) atoms. The van der Waals surface area contributed by atoms with Gasteiger partial charge in [0.25, 0.3) is 5.91 Å². The molecule has 1 aliphatic heterocycles. The summed E-state index contributed by atoms with van der Waals surface area (Å²) in [7, 11) is 0. The van der Waals surface area contributed by atoms with Crippen molar-refractivity contribution in [3.05, 3.63) is 48.0 Å². The minimum Gasteiger partial charge on any atom is -0.338 e. The number of rotatable bonds is 3. The molecule has 0 spiro atoms. The second kappa shape index (κ2) is 6.30. The van der Waals surface area contributed by atoms with Gasteiger partial charge in [0, 0.05) is 43.0 Å². The molecule has 0 aromatic carbocycles. The summed E-state index contributed by atoms with van der Waals surface area (Å²) < 4.78 is 2.01. The second-order valence-corrected chi connectivity index (χ2v) is 5.56. The lowest BCUT2D eigenvalue weighted by atomic mass is 10.0. The molecule has 3 rings (SSSR count). The van der Waals surface area contributed by atoms with Crippen LogP contribution in [0.25, 0.3) is 0 Å². The van der Waals surface area contributed by atoms with Crippen LogP contribution in [-0.4, -0.2) is 38.7 Å². The quantitative estimate of drug-likeness (QED) is 0.884. The molecule has 3 heterocycles. The number of carbonyl (C=O) groups excluding carboxylic acids is 1. The third kappa shape index (κ3) is 3.10. The van der Waals surface area contributed by atoms with Gasteiger partial charge >= 0.3 is 0 Å². The summed E-state index contributed by atoms with van der Waals surface area (Å²) in [6.07, 6.45) is 9.10. The zero-order chi connectivity index (χ0) is 14.7. The van der Waals surface area contributed by atoms with E-state index in [1.54, 1.807) is 24.5 Å². The van der Waals surface area contributed by atoms with Crippen molar-refractivity contribution in [1.29, 1.82) is 0 Å². The number of amides is 1. The van der Waals surface area contributed by atoms with Crippen LogP contribution in [0.2, 0.25) is 0 Å². The summed E-state index contributed by atoms with van der Waals surface area (Å²) in [6, 6.07) is 3.90. The van der Waals surface area contributed by atoms with Crippen LogP contribution in [0.3, 0.4) is 0 Å². The number of thiol groups is 1. The second-order valence-electron chi connectivity index (χ2n) is 5.25. The van der Waals surface area contributed by atoms with Crippen molar-refractivity contribution < 1.29 is 4.79 Å². The topological polar surface area (TPSA) is 51.0 Å². The summed E-state index contributed by atoms with van der Waals surface area (Å²) in [5, 5.41) is 4.39. The van der Waals surface area contributed by atoms with Gasteiger partial charge < -0.3 is 4.90 Å². The minimum absolute atomic E-state index is 0.0902. The van der Waals surface area contributed by atoms with E-state index >= 15 is 0 Å². The number of hydrogen-bond acceptors (Lipinski definition) is 4. The van der Waals surface area contributed by atoms with Crippen LogP contribution >= 0.6 is 12.6 Å². The van der Waals surface area contributed by atoms with Gasteiger partial charge in [-0.05, 0) is 30.5 Å². The van der Waals surface area contributed by atoms with Crippen LogP contribution in [0.5, 0.6) is 0 Å². The zero-order valence-corrected chi connectivity index (χ0v) is 12.6. The average Bonchev–Trinajstić information content (AvgIpc) is 3.04. The molecule has 6 heteroatoms. The van der Waals surface area contributed by atoms with E-state index in [9.17, 15) is 4.79 Å². The van der Waals surface area contributed by atoms with Gasteiger partial charge in [0.05, 0.1) is 12.2 Å². The first-order chi connectivity index (χ1) is 10.3. The van der Waals surface area contributed by atoms with Crippen molar-refractivity contribution >= 4 is 18.5 Å². The molecule has 0 aliphatic carbocycles. The third-order valence-electron chi connectivity index (χ3n) is 3.89. The van der Waals surface area contributed by atoms with Gasteiger partial charge in [-0.2, -0.15) is 17.7 Å².